The molecule has 0 fully saturated rings. The van der Waals surface area contributed by atoms with E-state index in [-0.39, 0.29) is 14.9 Å². The Hall–Kier alpha value is -1.40. The number of allylic oxidation sites excluding steroid dienone is 16. The van der Waals surface area contributed by atoms with Gasteiger partial charge in [-0.3, -0.25) is 0 Å². The fraction of sp³-hybridized carbons (Fsp3) is 0.200. The maximum atomic E-state index is 4.93. The average molecular weight is 553 g/mol. The monoisotopic (exact) mass is 550 g/mol. The summed E-state index contributed by atoms with van der Waals surface area (Å²) in [4.78, 5) is 0. The Labute approximate surface area is 218 Å². The molecule has 0 N–H and O–H groups in total. The summed E-state index contributed by atoms with van der Waals surface area (Å²) in [6.07, 6.45) is 29.9. The maximum absolute atomic E-state index is 4.93. The van der Waals surface area contributed by atoms with E-state index in [4.69, 9.17) is 17.0 Å². The second-order valence-electron chi connectivity index (χ2n) is 8.47. The first-order chi connectivity index (χ1) is 15.3. The SMILES string of the molecule is C1=CC2=C(CCC3C4C=CC=CC4=C4C=CC=CC43)c3ccccc3C2C=C1.[CH3-].[CH3-].[Cl][Zr+2][Cl]. The summed E-state index contributed by atoms with van der Waals surface area (Å²) in [5.41, 5.74) is 9.14. The summed E-state index contributed by atoms with van der Waals surface area (Å²) in [6, 6.07) is 9.02. The minimum atomic E-state index is -0.826. The summed E-state index contributed by atoms with van der Waals surface area (Å²) in [5.74, 6) is 2.25. The van der Waals surface area contributed by atoms with Crippen molar-refractivity contribution < 1.29 is 20.8 Å². The van der Waals surface area contributed by atoms with Crippen LogP contribution in [-0.4, -0.2) is 0 Å². The Balaban J connectivity index is 0.000000583. The van der Waals surface area contributed by atoms with Gasteiger partial charge < -0.3 is 14.9 Å². The predicted octanol–water partition coefficient (Wildman–Crippen LogP) is 9.13. The van der Waals surface area contributed by atoms with Crippen LogP contribution in [0.4, 0.5) is 0 Å². The summed E-state index contributed by atoms with van der Waals surface area (Å²) in [6.45, 7) is 0. The van der Waals surface area contributed by atoms with Crippen molar-refractivity contribution in [2.24, 2.45) is 17.8 Å². The van der Waals surface area contributed by atoms with Crippen LogP contribution in [0.3, 0.4) is 0 Å². The van der Waals surface area contributed by atoms with Gasteiger partial charge in [-0.05, 0) is 52.2 Å². The van der Waals surface area contributed by atoms with E-state index in [1.54, 1.807) is 16.7 Å². The number of hydrogen-bond acceptors (Lipinski definition) is 0. The molecule has 0 nitrogen and oxygen atoms in total. The number of benzene rings is 1. The van der Waals surface area contributed by atoms with Crippen LogP contribution in [0.1, 0.15) is 29.9 Å². The Morgan fingerprint density at radius 3 is 1.88 bits per heavy atom. The van der Waals surface area contributed by atoms with Gasteiger partial charge in [-0.2, -0.15) is 0 Å². The molecule has 0 spiro atoms. The zero-order valence-corrected chi connectivity index (χ0v) is 23.2. The van der Waals surface area contributed by atoms with Crippen molar-refractivity contribution in [3.63, 3.8) is 0 Å². The number of halogens is 2. The summed E-state index contributed by atoms with van der Waals surface area (Å²) < 4.78 is 0. The third kappa shape index (κ3) is 4.88. The molecular weight excluding hydrogens is 522 g/mol. The zero-order chi connectivity index (χ0) is 21.2. The zero-order valence-electron chi connectivity index (χ0n) is 19.2. The molecule has 5 aliphatic carbocycles. The van der Waals surface area contributed by atoms with E-state index in [9.17, 15) is 0 Å². The van der Waals surface area contributed by atoms with Gasteiger partial charge in [-0.15, -0.1) is 0 Å². The Morgan fingerprint density at radius 2 is 1.24 bits per heavy atom. The van der Waals surface area contributed by atoms with Crippen molar-refractivity contribution in [3.8, 4) is 0 Å². The van der Waals surface area contributed by atoms with Gasteiger partial charge in [0, 0.05) is 17.8 Å². The molecule has 6 rings (SSSR count). The number of rotatable bonds is 3. The fourth-order valence-corrected chi connectivity index (χ4v) is 5.91. The minimum absolute atomic E-state index is 0. The van der Waals surface area contributed by atoms with Crippen LogP contribution in [-0.2, 0) is 20.8 Å². The van der Waals surface area contributed by atoms with Gasteiger partial charge in [0.2, 0.25) is 0 Å². The van der Waals surface area contributed by atoms with Gasteiger partial charge in [0.15, 0.2) is 0 Å². The van der Waals surface area contributed by atoms with Gasteiger partial charge in [0.25, 0.3) is 0 Å². The molecule has 0 amide bonds. The predicted molar refractivity (Wildman–Crippen MR) is 142 cm³/mol. The molecule has 0 saturated carbocycles. The number of fused-ring (bicyclic) bond motifs is 5. The molecule has 33 heavy (non-hydrogen) atoms. The quantitative estimate of drug-likeness (QED) is 0.328. The van der Waals surface area contributed by atoms with E-state index in [1.165, 1.54) is 23.1 Å². The van der Waals surface area contributed by atoms with E-state index in [0.29, 0.717) is 23.7 Å². The molecule has 0 radical (unpaired) electrons. The van der Waals surface area contributed by atoms with Gasteiger partial charge in [0.05, 0.1) is 0 Å². The first kappa shape index (κ1) is 26.2. The van der Waals surface area contributed by atoms with E-state index >= 15 is 0 Å². The van der Waals surface area contributed by atoms with Crippen LogP contribution >= 0.6 is 17.0 Å². The normalized spacial score (nSPS) is 26.4. The van der Waals surface area contributed by atoms with Crippen molar-refractivity contribution in [2.45, 2.75) is 18.8 Å². The summed E-state index contributed by atoms with van der Waals surface area (Å²) >= 11 is -0.826. The van der Waals surface area contributed by atoms with Crippen molar-refractivity contribution in [2.75, 3.05) is 0 Å². The van der Waals surface area contributed by atoms with Gasteiger partial charge >= 0.3 is 37.9 Å². The first-order valence-electron chi connectivity index (χ1n) is 10.9. The van der Waals surface area contributed by atoms with Crippen LogP contribution in [0.5, 0.6) is 0 Å². The van der Waals surface area contributed by atoms with Crippen molar-refractivity contribution >= 4 is 22.6 Å². The Morgan fingerprint density at radius 1 is 0.697 bits per heavy atom. The summed E-state index contributed by atoms with van der Waals surface area (Å²) in [5, 5.41) is 0. The van der Waals surface area contributed by atoms with E-state index in [2.05, 4.69) is 97.2 Å². The average Bonchev–Trinajstić information content (AvgIpc) is 3.31. The van der Waals surface area contributed by atoms with E-state index in [1.807, 2.05) is 0 Å². The molecule has 1 aromatic carbocycles. The molecule has 0 aromatic heterocycles. The molecule has 3 atom stereocenters. The molecule has 0 heterocycles. The third-order valence-electron chi connectivity index (χ3n) is 7.11. The third-order valence-corrected chi connectivity index (χ3v) is 7.11. The number of hydrogen-bond donors (Lipinski definition) is 0. The second-order valence-corrected chi connectivity index (χ2v) is 12.2. The summed E-state index contributed by atoms with van der Waals surface area (Å²) in [7, 11) is 9.87. The van der Waals surface area contributed by atoms with Gasteiger partial charge in [-0.1, -0.05) is 97.2 Å². The molecule has 1 aromatic rings. The molecule has 3 unspecified atom stereocenters. The van der Waals surface area contributed by atoms with Gasteiger partial charge in [0.1, 0.15) is 0 Å². The molecule has 0 bridgehead atoms. The van der Waals surface area contributed by atoms with Crippen molar-refractivity contribution in [1.82, 2.24) is 0 Å². The topological polar surface area (TPSA) is 0 Å². The van der Waals surface area contributed by atoms with Crippen LogP contribution in [0.2, 0.25) is 0 Å². The Kier molecular flexibility index (Phi) is 9.40. The van der Waals surface area contributed by atoms with Crippen LogP contribution < -0.4 is 0 Å². The van der Waals surface area contributed by atoms with Crippen LogP contribution in [0, 0.1) is 32.6 Å². The molecule has 0 aliphatic heterocycles. The first-order valence-corrected chi connectivity index (χ1v) is 17.2. The van der Waals surface area contributed by atoms with Crippen LogP contribution in [0.15, 0.2) is 114 Å². The Bertz CT molecular complexity index is 1070. The molecule has 168 valence electrons. The fourth-order valence-electron chi connectivity index (χ4n) is 5.91. The van der Waals surface area contributed by atoms with Crippen LogP contribution in [0.25, 0.3) is 5.57 Å². The van der Waals surface area contributed by atoms with Crippen molar-refractivity contribution in [1.29, 1.82) is 0 Å². The van der Waals surface area contributed by atoms with Gasteiger partial charge in [-0.25, -0.2) is 0 Å². The van der Waals surface area contributed by atoms with Crippen molar-refractivity contribution in [3.05, 3.63) is 140 Å². The molecule has 0 saturated heterocycles. The molecule has 5 aliphatic rings. The molecular formula is C30H30Cl2Zr. The van der Waals surface area contributed by atoms with E-state index < -0.39 is 20.8 Å². The van der Waals surface area contributed by atoms with E-state index in [0.717, 1.165) is 6.42 Å². The molecule has 3 heteroatoms. The standard InChI is InChI=1S/C28H24.2CH3.2ClH.Zr/c1-5-13-23-19(9-1)20-10-2-6-14-24(20)27(23)17-18-28-25-15-7-3-11-21(25)22-12-4-8-16-26(22)28;;;;;/h1-16,19,25-26,28H,17-18H2;2*1H3;2*1H;/q;2*-1;;;+4/p-2. The second kappa shape index (κ2) is 11.8.